The molecule has 0 aliphatic carbocycles. The number of amides is 1. The molecule has 0 fully saturated rings. The van der Waals surface area contributed by atoms with Crippen molar-refractivity contribution < 1.29 is 4.79 Å². The first-order valence-corrected chi connectivity index (χ1v) is 7.56. The van der Waals surface area contributed by atoms with Gasteiger partial charge in [0, 0.05) is 12.1 Å². The van der Waals surface area contributed by atoms with Crippen molar-refractivity contribution in [1.29, 1.82) is 0 Å². The molecule has 0 aliphatic rings. The highest BCUT2D eigenvalue weighted by Gasteiger charge is 2.15. The highest BCUT2D eigenvalue weighted by molar-refractivity contribution is 5.94. The van der Waals surface area contributed by atoms with Crippen LogP contribution in [0.4, 0.5) is 0 Å². The minimum absolute atomic E-state index is 0.0223. The molecule has 0 spiro atoms. The number of aryl methyl sites for hydroxylation is 2. The summed E-state index contributed by atoms with van der Waals surface area (Å²) in [5.74, 6) is -0.0223. The number of rotatable bonds is 5. The molecule has 0 aromatic heterocycles. The number of likely N-dealkylation sites (N-methyl/N-ethyl adjacent to an activating group) is 1. The van der Waals surface area contributed by atoms with E-state index in [0.717, 1.165) is 5.56 Å². The summed E-state index contributed by atoms with van der Waals surface area (Å²) in [6.07, 6.45) is 0. The van der Waals surface area contributed by atoms with Crippen LogP contribution in [0.15, 0.2) is 48.5 Å². The molecule has 3 nitrogen and oxygen atoms in total. The van der Waals surface area contributed by atoms with E-state index in [-0.39, 0.29) is 11.9 Å². The molecule has 0 aliphatic heterocycles. The van der Waals surface area contributed by atoms with E-state index in [2.05, 4.69) is 29.3 Å². The smallest absolute Gasteiger partial charge is 0.251 e. The lowest BCUT2D eigenvalue weighted by atomic mass is 10.0. The molecule has 0 bridgehead atoms. The molecule has 2 aromatic rings. The highest BCUT2D eigenvalue weighted by Crippen LogP contribution is 2.17. The second-order valence-corrected chi connectivity index (χ2v) is 5.90. The van der Waals surface area contributed by atoms with Crippen LogP contribution in [0.5, 0.6) is 0 Å². The summed E-state index contributed by atoms with van der Waals surface area (Å²) in [5, 5.41) is 3.04. The summed E-state index contributed by atoms with van der Waals surface area (Å²) in [6.45, 7) is 4.66. The van der Waals surface area contributed by atoms with Gasteiger partial charge in [-0.25, -0.2) is 0 Å². The fourth-order valence-electron chi connectivity index (χ4n) is 2.45. The Kier molecular flexibility index (Phi) is 5.34. The average molecular weight is 296 g/mol. The molecule has 0 saturated carbocycles. The topological polar surface area (TPSA) is 32.3 Å². The van der Waals surface area contributed by atoms with E-state index in [1.165, 1.54) is 11.1 Å². The van der Waals surface area contributed by atoms with Crippen molar-refractivity contribution in [3.05, 3.63) is 70.8 Å². The normalized spacial score (nSPS) is 12.2. The lowest BCUT2D eigenvalue weighted by Gasteiger charge is -2.25. The fraction of sp³-hybridized carbons (Fsp3) is 0.316. The molecule has 2 aromatic carbocycles. The van der Waals surface area contributed by atoms with Crippen molar-refractivity contribution in [1.82, 2.24) is 10.2 Å². The molecule has 1 amide bonds. The Bertz CT molecular complexity index is 635. The van der Waals surface area contributed by atoms with Crippen molar-refractivity contribution in [2.24, 2.45) is 0 Å². The van der Waals surface area contributed by atoms with Crippen molar-refractivity contribution >= 4 is 5.91 Å². The third-order valence-corrected chi connectivity index (χ3v) is 4.03. The summed E-state index contributed by atoms with van der Waals surface area (Å²) in [7, 11) is 4.06. The zero-order valence-electron chi connectivity index (χ0n) is 13.8. The second kappa shape index (κ2) is 7.23. The van der Waals surface area contributed by atoms with Gasteiger partial charge in [-0.15, -0.1) is 0 Å². The lowest BCUT2D eigenvalue weighted by Crippen LogP contribution is -2.34. The summed E-state index contributed by atoms with van der Waals surface area (Å²) < 4.78 is 0. The van der Waals surface area contributed by atoms with E-state index in [4.69, 9.17) is 0 Å². The van der Waals surface area contributed by atoms with Gasteiger partial charge in [-0.05, 0) is 56.8 Å². The highest BCUT2D eigenvalue weighted by atomic mass is 16.1. The van der Waals surface area contributed by atoms with E-state index in [0.29, 0.717) is 12.1 Å². The summed E-state index contributed by atoms with van der Waals surface area (Å²) >= 11 is 0. The van der Waals surface area contributed by atoms with Crippen molar-refractivity contribution in [3.8, 4) is 0 Å². The number of benzene rings is 2. The summed E-state index contributed by atoms with van der Waals surface area (Å²) in [5.41, 5.74) is 4.26. The van der Waals surface area contributed by atoms with Crippen LogP contribution in [0.2, 0.25) is 0 Å². The summed E-state index contributed by atoms with van der Waals surface area (Å²) in [4.78, 5) is 14.5. The van der Waals surface area contributed by atoms with Crippen LogP contribution in [-0.2, 0) is 0 Å². The van der Waals surface area contributed by atoms with Gasteiger partial charge in [-0.1, -0.05) is 36.4 Å². The first-order valence-electron chi connectivity index (χ1n) is 7.56. The Labute approximate surface area is 133 Å². The number of nitrogens with one attached hydrogen (secondary N) is 1. The van der Waals surface area contributed by atoms with Crippen LogP contribution in [0.1, 0.15) is 33.1 Å². The van der Waals surface area contributed by atoms with Gasteiger partial charge in [0.25, 0.3) is 5.91 Å². The predicted molar refractivity (Wildman–Crippen MR) is 91.1 cm³/mol. The van der Waals surface area contributed by atoms with E-state index < -0.39 is 0 Å². The van der Waals surface area contributed by atoms with Crippen molar-refractivity contribution in [2.75, 3.05) is 20.6 Å². The van der Waals surface area contributed by atoms with E-state index in [1.807, 2.05) is 57.4 Å². The number of nitrogens with zero attached hydrogens (tertiary/aromatic N) is 1. The van der Waals surface area contributed by atoms with Gasteiger partial charge < -0.3 is 10.2 Å². The quantitative estimate of drug-likeness (QED) is 0.918. The molecule has 0 radical (unpaired) electrons. The Morgan fingerprint density at radius 3 is 2.32 bits per heavy atom. The number of hydrogen-bond donors (Lipinski definition) is 1. The number of carbonyl (C=O) groups excluding carboxylic acids is 1. The minimum atomic E-state index is -0.0223. The molecule has 2 rings (SSSR count). The SMILES string of the molecule is Cc1ccc(C(=O)NCC(c2ccccc2)N(C)C)cc1C. The van der Waals surface area contributed by atoms with Gasteiger partial charge in [-0.2, -0.15) is 0 Å². The van der Waals surface area contributed by atoms with Crippen LogP contribution in [0, 0.1) is 13.8 Å². The third kappa shape index (κ3) is 3.95. The van der Waals surface area contributed by atoms with Crippen LogP contribution in [0.25, 0.3) is 0 Å². The van der Waals surface area contributed by atoms with Crippen LogP contribution in [0.3, 0.4) is 0 Å². The van der Waals surface area contributed by atoms with Crippen LogP contribution in [-0.4, -0.2) is 31.4 Å². The van der Waals surface area contributed by atoms with E-state index >= 15 is 0 Å². The van der Waals surface area contributed by atoms with Crippen LogP contribution >= 0.6 is 0 Å². The van der Waals surface area contributed by atoms with Crippen molar-refractivity contribution in [3.63, 3.8) is 0 Å². The average Bonchev–Trinajstić information content (AvgIpc) is 2.50. The molecule has 1 N–H and O–H groups in total. The van der Waals surface area contributed by atoms with Gasteiger partial charge in [0.2, 0.25) is 0 Å². The molecule has 1 unspecified atom stereocenters. The largest absolute Gasteiger partial charge is 0.350 e. The van der Waals surface area contributed by atoms with Gasteiger partial charge in [0.1, 0.15) is 0 Å². The molecule has 1 atom stereocenters. The van der Waals surface area contributed by atoms with Gasteiger partial charge in [0.05, 0.1) is 6.04 Å². The number of hydrogen-bond acceptors (Lipinski definition) is 2. The Hall–Kier alpha value is -2.13. The lowest BCUT2D eigenvalue weighted by molar-refractivity contribution is 0.0942. The van der Waals surface area contributed by atoms with E-state index in [9.17, 15) is 4.79 Å². The van der Waals surface area contributed by atoms with Gasteiger partial charge in [-0.3, -0.25) is 4.79 Å². The predicted octanol–water partition coefficient (Wildman–Crippen LogP) is 3.34. The molecule has 3 heteroatoms. The van der Waals surface area contributed by atoms with Crippen molar-refractivity contribution in [2.45, 2.75) is 19.9 Å². The zero-order chi connectivity index (χ0) is 16.1. The molecular weight excluding hydrogens is 272 g/mol. The second-order valence-electron chi connectivity index (χ2n) is 5.90. The Morgan fingerprint density at radius 1 is 1.05 bits per heavy atom. The van der Waals surface area contributed by atoms with Gasteiger partial charge >= 0.3 is 0 Å². The Morgan fingerprint density at radius 2 is 1.73 bits per heavy atom. The van der Waals surface area contributed by atoms with E-state index in [1.54, 1.807) is 0 Å². The maximum Gasteiger partial charge on any atom is 0.251 e. The first-order chi connectivity index (χ1) is 10.5. The Balaban J connectivity index is 2.06. The third-order valence-electron chi connectivity index (χ3n) is 4.03. The van der Waals surface area contributed by atoms with Gasteiger partial charge in [0.15, 0.2) is 0 Å². The zero-order valence-corrected chi connectivity index (χ0v) is 13.8. The standard InChI is InChI=1S/C19H24N2O/c1-14-10-11-17(12-15(14)2)19(22)20-13-18(21(3)4)16-8-6-5-7-9-16/h5-12,18H,13H2,1-4H3,(H,20,22). The van der Waals surface area contributed by atoms with Crippen LogP contribution < -0.4 is 5.32 Å². The monoisotopic (exact) mass is 296 g/mol. The molecule has 116 valence electrons. The molecule has 0 saturated heterocycles. The maximum atomic E-state index is 12.3. The maximum absolute atomic E-state index is 12.3. The summed E-state index contributed by atoms with van der Waals surface area (Å²) in [6, 6.07) is 16.2. The molecular formula is C19H24N2O. The fourth-order valence-corrected chi connectivity index (χ4v) is 2.45. The first kappa shape index (κ1) is 16.2. The molecule has 0 heterocycles. The number of carbonyl (C=O) groups is 1. The minimum Gasteiger partial charge on any atom is -0.350 e. The molecule has 22 heavy (non-hydrogen) atoms.